The fourth-order valence-electron chi connectivity index (χ4n) is 2.50. The summed E-state index contributed by atoms with van der Waals surface area (Å²) in [6, 6.07) is 12.1. The second-order valence-corrected chi connectivity index (χ2v) is 5.61. The van der Waals surface area contributed by atoms with Gasteiger partial charge < -0.3 is 5.32 Å². The van der Waals surface area contributed by atoms with Crippen LogP contribution in [0.1, 0.15) is 27.3 Å². The number of halogens is 1. The van der Waals surface area contributed by atoms with Gasteiger partial charge in [0.25, 0.3) is 5.91 Å². The highest BCUT2D eigenvalue weighted by atomic mass is 19.1. The highest BCUT2D eigenvalue weighted by Crippen LogP contribution is 2.14. The third kappa shape index (κ3) is 3.65. The van der Waals surface area contributed by atoms with Crippen LogP contribution in [0.15, 0.2) is 48.7 Å². The first-order chi connectivity index (χ1) is 11.5. The van der Waals surface area contributed by atoms with Gasteiger partial charge in [-0.15, -0.1) is 0 Å². The van der Waals surface area contributed by atoms with Gasteiger partial charge in [-0.3, -0.25) is 9.48 Å². The Bertz CT molecular complexity index is 888. The van der Waals surface area contributed by atoms with E-state index in [2.05, 4.69) is 15.4 Å². The molecule has 3 rings (SSSR count). The maximum atomic E-state index is 13.1. The second-order valence-electron chi connectivity index (χ2n) is 5.61. The zero-order valence-electron chi connectivity index (χ0n) is 13.5. The maximum absolute atomic E-state index is 13.1. The van der Waals surface area contributed by atoms with Crippen molar-refractivity contribution in [1.82, 2.24) is 14.8 Å². The van der Waals surface area contributed by atoms with E-state index in [9.17, 15) is 9.18 Å². The number of hydrogen-bond acceptors (Lipinski definition) is 3. The van der Waals surface area contributed by atoms with Crippen molar-refractivity contribution >= 4 is 11.6 Å². The van der Waals surface area contributed by atoms with E-state index < -0.39 is 5.95 Å². The lowest BCUT2D eigenvalue weighted by Gasteiger charge is -2.09. The molecule has 0 atom stereocenters. The fraction of sp³-hybridized carbons (Fsp3) is 0.167. The average molecular weight is 324 g/mol. The Morgan fingerprint density at radius 3 is 2.75 bits per heavy atom. The topological polar surface area (TPSA) is 59.8 Å². The first kappa shape index (κ1) is 15.9. The lowest BCUT2D eigenvalue weighted by molar-refractivity contribution is 0.102. The van der Waals surface area contributed by atoms with Crippen LogP contribution in [0.4, 0.5) is 10.1 Å². The van der Waals surface area contributed by atoms with Crippen molar-refractivity contribution in [3.05, 3.63) is 77.1 Å². The van der Waals surface area contributed by atoms with Gasteiger partial charge in [0.15, 0.2) is 0 Å². The summed E-state index contributed by atoms with van der Waals surface area (Å²) in [6.07, 6.45) is 1.27. The number of carbonyl (C=O) groups is 1. The van der Waals surface area contributed by atoms with Crippen LogP contribution in [0.25, 0.3) is 0 Å². The summed E-state index contributed by atoms with van der Waals surface area (Å²) in [5, 5.41) is 7.20. The summed E-state index contributed by atoms with van der Waals surface area (Å²) >= 11 is 0. The molecule has 122 valence electrons. The molecule has 1 aromatic carbocycles. The first-order valence-corrected chi connectivity index (χ1v) is 7.54. The number of aromatic nitrogens is 3. The lowest BCUT2D eigenvalue weighted by atomic mass is 10.2. The van der Waals surface area contributed by atoms with E-state index in [1.807, 2.05) is 42.8 Å². The van der Waals surface area contributed by atoms with Gasteiger partial charge in [0, 0.05) is 29.2 Å². The average Bonchev–Trinajstić information content (AvgIpc) is 2.85. The van der Waals surface area contributed by atoms with Gasteiger partial charge in [0.2, 0.25) is 5.95 Å². The highest BCUT2D eigenvalue weighted by molar-refractivity contribution is 6.04. The van der Waals surface area contributed by atoms with Crippen molar-refractivity contribution in [2.45, 2.75) is 20.4 Å². The number of amides is 1. The summed E-state index contributed by atoms with van der Waals surface area (Å²) < 4.78 is 15.0. The number of nitrogens with one attached hydrogen (secondary N) is 1. The lowest BCUT2D eigenvalue weighted by Crippen LogP contribution is -2.13. The Balaban J connectivity index is 1.75. The molecule has 0 aliphatic rings. The van der Waals surface area contributed by atoms with E-state index in [0.717, 1.165) is 23.0 Å². The van der Waals surface area contributed by atoms with Crippen LogP contribution in [0.5, 0.6) is 0 Å². The molecule has 0 unspecified atom stereocenters. The van der Waals surface area contributed by atoms with Crippen molar-refractivity contribution < 1.29 is 9.18 Å². The molecule has 1 N–H and O–H groups in total. The van der Waals surface area contributed by atoms with Crippen molar-refractivity contribution in [3.8, 4) is 0 Å². The Morgan fingerprint density at radius 1 is 1.21 bits per heavy atom. The van der Waals surface area contributed by atoms with E-state index in [-0.39, 0.29) is 11.5 Å². The molecule has 0 spiro atoms. The van der Waals surface area contributed by atoms with Crippen molar-refractivity contribution in [1.29, 1.82) is 0 Å². The second kappa shape index (κ2) is 6.62. The van der Waals surface area contributed by atoms with E-state index in [4.69, 9.17) is 0 Å². The number of aryl methyl sites for hydroxylation is 2. The predicted molar refractivity (Wildman–Crippen MR) is 89.4 cm³/mol. The maximum Gasteiger partial charge on any atom is 0.255 e. The highest BCUT2D eigenvalue weighted by Gasteiger charge is 2.08. The van der Waals surface area contributed by atoms with E-state index in [1.165, 1.54) is 12.3 Å². The number of benzene rings is 1. The number of nitrogens with zero attached hydrogens (tertiary/aromatic N) is 3. The summed E-state index contributed by atoms with van der Waals surface area (Å²) in [5.74, 6) is -1.06. The molecule has 0 aliphatic carbocycles. The molecule has 2 aromatic heterocycles. The van der Waals surface area contributed by atoms with Crippen LogP contribution >= 0.6 is 0 Å². The fourth-order valence-corrected chi connectivity index (χ4v) is 2.50. The molecule has 6 heteroatoms. The van der Waals surface area contributed by atoms with Gasteiger partial charge in [0.1, 0.15) is 0 Å². The molecule has 0 radical (unpaired) electrons. The number of hydrogen-bond donors (Lipinski definition) is 1. The minimum atomic E-state index is -0.680. The molecule has 3 aromatic rings. The molecule has 5 nitrogen and oxygen atoms in total. The van der Waals surface area contributed by atoms with Crippen LogP contribution in [0.2, 0.25) is 0 Å². The zero-order valence-corrected chi connectivity index (χ0v) is 13.5. The van der Waals surface area contributed by atoms with Gasteiger partial charge in [-0.2, -0.15) is 9.49 Å². The molecule has 1 amide bonds. The van der Waals surface area contributed by atoms with Gasteiger partial charge >= 0.3 is 0 Å². The monoisotopic (exact) mass is 324 g/mol. The summed E-state index contributed by atoms with van der Waals surface area (Å²) in [7, 11) is 0. The Labute approximate surface area is 139 Å². The number of pyridine rings is 1. The molecule has 2 heterocycles. The van der Waals surface area contributed by atoms with Crippen LogP contribution in [0, 0.1) is 19.8 Å². The smallest absolute Gasteiger partial charge is 0.255 e. The van der Waals surface area contributed by atoms with Gasteiger partial charge in [0.05, 0.1) is 12.2 Å². The summed E-state index contributed by atoms with van der Waals surface area (Å²) in [6.45, 7) is 4.57. The SMILES string of the molecule is Cc1cc(C)n(Cc2cccc(NC(=O)c3ccnc(F)c3)c2)n1. The van der Waals surface area contributed by atoms with Crippen LogP contribution < -0.4 is 5.32 Å². The van der Waals surface area contributed by atoms with Gasteiger partial charge in [-0.25, -0.2) is 4.98 Å². The van der Waals surface area contributed by atoms with Gasteiger partial charge in [-0.05, 0) is 43.7 Å². The summed E-state index contributed by atoms with van der Waals surface area (Å²) in [4.78, 5) is 15.6. The molecular formula is C18H17FN4O. The Hall–Kier alpha value is -3.02. The standard InChI is InChI=1S/C18H17FN4O/c1-12-8-13(2)23(22-12)11-14-4-3-5-16(9-14)21-18(24)15-6-7-20-17(19)10-15/h3-10H,11H2,1-2H3,(H,21,24). The predicted octanol–water partition coefficient (Wildman–Crippen LogP) is 3.33. The molecule has 24 heavy (non-hydrogen) atoms. The third-order valence-corrected chi connectivity index (χ3v) is 3.61. The van der Waals surface area contributed by atoms with Crippen molar-refractivity contribution in [2.75, 3.05) is 5.32 Å². The molecule has 0 fully saturated rings. The molecule has 0 saturated heterocycles. The van der Waals surface area contributed by atoms with Crippen LogP contribution in [-0.2, 0) is 6.54 Å². The quantitative estimate of drug-likeness (QED) is 0.749. The number of rotatable bonds is 4. The van der Waals surface area contributed by atoms with E-state index >= 15 is 0 Å². The molecular weight excluding hydrogens is 307 g/mol. The third-order valence-electron chi connectivity index (χ3n) is 3.61. The molecule has 0 aliphatic heterocycles. The Morgan fingerprint density at radius 2 is 2.04 bits per heavy atom. The zero-order chi connectivity index (χ0) is 17.1. The van der Waals surface area contributed by atoms with E-state index in [0.29, 0.717) is 12.2 Å². The van der Waals surface area contributed by atoms with Gasteiger partial charge in [-0.1, -0.05) is 12.1 Å². The van der Waals surface area contributed by atoms with Crippen LogP contribution in [0.3, 0.4) is 0 Å². The largest absolute Gasteiger partial charge is 0.322 e. The number of anilines is 1. The first-order valence-electron chi connectivity index (χ1n) is 7.54. The van der Waals surface area contributed by atoms with Crippen LogP contribution in [-0.4, -0.2) is 20.7 Å². The minimum Gasteiger partial charge on any atom is -0.322 e. The Kier molecular flexibility index (Phi) is 4.37. The van der Waals surface area contributed by atoms with E-state index in [1.54, 1.807) is 6.07 Å². The summed E-state index contributed by atoms with van der Waals surface area (Å²) in [5.41, 5.74) is 3.94. The minimum absolute atomic E-state index is 0.228. The van der Waals surface area contributed by atoms with Crippen molar-refractivity contribution in [2.24, 2.45) is 0 Å². The normalized spacial score (nSPS) is 10.6. The number of carbonyl (C=O) groups excluding carboxylic acids is 1. The molecule has 0 bridgehead atoms. The van der Waals surface area contributed by atoms with Crippen molar-refractivity contribution in [3.63, 3.8) is 0 Å². The molecule has 0 saturated carbocycles.